The predicted octanol–water partition coefficient (Wildman–Crippen LogP) is 3.77. The minimum Gasteiger partial charge on any atom is -0.380 e. The highest BCUT2D eigenvalue weighted by Gasteiger charge is 2.14. The van der Waals surface area contributed by atoms with E-state index in [1.165, 1.54) is 31.7 Å². The lowest BCUT2D eigenvalue weighted by Crippen LogP contribution is -2.12. The van der Waals surface area contributed by atoms with Crippen LogP contribution in [0.3, 0.4) is 0 Å². The van der Waals surface area contributed by atoms with Crippen LogP contribution in [0.4, 0.5) is 0 Å². The molecule has 1 heterocycles. The van der Waals surface area contributed by atoms with Crippen LogP contribution in [-0.4, -0.2) is 13.7 Å². The van der Waals surface area contributed by atoms with E-state index in [2.05, 4.69) is 38.2 Å². The van der Waals surface area contributed by atoms with Crippen molar-refractivity contribution >= 4 is 21.4 Å². The summed E-state index contributed by atoms with van der Waals surface area (Å²) in [7, 11) is 1.77. The van der Waals surface area contributed by atoms with Gasteiger partial charge in [-0.2, -0.15) is 0 Å². The summed E-state index contributed by atoms with van der Waals surface area (Å²) in [5, 5.41) is 4.82. The number of aryl methyl sites for hydroxylation is 2. The average molecular weight is 263 g/mol. The smallest absolute Gasteiger partial charge is 0.0730 e. The molecular weight excluding hydrogens is 242 g/mol. The van der Waals surface area contributed by atoms with Gasteiger partial charge >= 0.3 is 0 Å². The van der Waals surface area contributed by atoms with Gasteiger partial charge in [0.1, 0.15) is 0 Å². The Bertz CT molecular complexity index is 545. The van der Waals surface area contributed by atoms with Gasteiger partial charge in [-0.15, -0.1) is 11.3 Å². The van der Waals surface area contributed by atoms with Crippen LogP contribution in [0, 0.1) is 13.8 Å². The lowest BCUT2D eigenvalue weighted by atomic mass is 10.0. The van der Waals surface area contributed by atoms with Crippen molar-refractivity contribution in [1.29, 1.82) is 0 Å². The third kappa shape index (κ3) is 2.44. The molecule has 0 amide bonds. The molecule has 0 saturated heterocycles. The second-order valence-corrected chi connectivity index (χ2v) is 5.73. The molecule has 0 fully saturated rings. The fraction of sp³-hybridized carbons (Fsp3) is 0.467. The molecule has 2 rings (SSSR count). The second-order valence-electron chi connectivity index (χ2n) is 4.62. The highest BCUT2D eigenvalue weighted by molar-refractivity contribution is 7.19. The Morgan fingerprint density at radius 1 is 1.22 bits per heavy atom. The Hall–Kier alpha value is -0.900. The van der Waals surface area contributed by atoms with Crippen molar-refractivity contribution in [1.82, 2.24) is 5.32 Å². The predicted molar refractivity (Wildman–Crippen MR) is 79.4 cm³/mol. The molecule has 0 aliphatic heterocycles. The highest BCUT2D eigenvalue weighted by Crippen LogP contribution is 2.36. The van der Waals surface area contributed by atoms with Crippen molar-refractivity contribution in [2.24, 2.45) is 0 Å². The quantitative estimate of drug-likeness (QED) is 0.886. The van der Waals surface area contributed by atoms with E-state index in [1.807, 2.05) is 11.3 Å². The summed E-state index contributed by atoms with van der Waals surface area (Å²) in [6, 6.07) is 4.42. The minimum atomic E-state index is 0.699. The Morgan fingerprint density at radius 3 is 2.61 bits per heavy atom. The monoisotopic (exact) mass is 263 g/mol. The molecule has 18 heavy (non-hydrogen) atoms. The molecule has 98 valence electrons. The normalized spacial score (nSPS) is 11.3. The van der Waals surface area contributed by atoms with Crippen LogP contribution >= 0.6 is 11.3 Å². The first-order valence-electron chi connectivity index (χ1n) is 6.39. The molecule has 1 aromatic heterocycles. The van der Waals surface area contributed by atoms with E-state index in [4.69, 9.17) is 4.74 Å². The lowest BCUT2D eigenvalue weighted by molar-refractivity contribution is 0.185. The molecule has 0 aliphatic rings. The summed E-state index contributed by atoms with van der Waals surface area (Å²) in [6.07, 6.45) is 0. The van der Waals surface area contributed by atoms with Crippen molar-refractivity contribution in [3.05, 3.63) is 33.7 Å². The van der Waals surface area contributed by atoms with Gasteiger partial charge in [-0.05, 0) is 31.5 Å². The Morgan fingerprint density at radius 2 is 1.94 bits per heavy atom. The zero-order chi connectivity index (χ0) is 13.1. The maximum atomic E-state index is 5.39. The van der Waals surface area contributed by atoms with Gasteiger partial charge in [0, 0.05) is 34.2 Å². The van der Waals surface area contributed by atoms with Gasteiger partial charge in [0.2, 0.25) is 0 Å². The SMILES string of the molecule is CCNCc1sc2c(C)ccc(C)c2c1COC. The second kappa shape index (κ2) is 5.83. The number of hydrogen-bond donors (Lipinski definition) is 1. The highest BCUT2D eigenvalue weighted by atomic mass is 32.1. The molecule has 1 N–H and O–H groups in total. The summed E-state index contributed by atoms with van der Waals surface area (Å²) < 4.78 is 6.80. The molecule has 0 saturated carbocycles. The molecule has 1 aromatic carbocycles. The fourth-order valence-corrected chi connectivity index (χ4v) is 3.61. The van der Waals surface area contributed by atoms with Crippen molar-refractivity contribution in [2.75, 3.05) is 13.7 Å². The standard InChI is InChI=1S/C15H21NOS/c1-5-16-8-13-12(9-17-4)14-10(2)6-7-11(3)15(14)18-13/h6-7,16H,5,8-9H2,1-4H3. The molecule has 0 spiro atoms. The molecule has 0 unspecified atom stereocenters. The first-order valence-corrected chi connectivity index (χ1v) is 7.20. The van der Waals surface area contributed by atoms with Crippen LogP contribution in [0.25, 0.3) is 10.1 Å². The van der Waals surface area contributed by atoms with Gasteiger partial charge in [0.25, 0.3) is 0 Å². The summed E-state index contributed by atoms with van der Waals surface area (Å²) in [4.78, 5) is 1.41. The summed E-state index contributed by atoms with van der Waals surface area (Å²) in [5.41, 5.74) is 4.07. The average Bonchev–Trinajstić information content (AvgIpc) is 2.72. The van der Waals surface area contributed by atoms with Crippen LogP contribution in [0.2, 0.25) is 0 Å². The molecule has 0 bridgehead atoms. The molecule has 0 radical (unpaired) electrons. The van der Waals surface area contributed by atoms with E-state index in [1.54, 1.807) is 7.11 Å². The Kier molecular flexibility index (Phi) is 4.38. The van der Waals surface area contributed by atoms with Crippen LogP contribution < -0.4 is 5.32 Å². The number of benzene rings is 1. The van der Waals surface area contributed by atoms with E-state index >= 15 is 0 Å². The van der Waals surface area contributed by atoms with Gasteiger partial charge in [-0.3, -0.25) is 0 Å². The van der Waals surface area contributed by atoms with Gasteiger partial charge in [-0.25, -0.2) is 0 Å². The number of rotatable bonds is 5. The van der Waals surface area contributed by atoms with E-state index in [0.717, 1.165) is 13.1 Å². The summed E-state index contributed by atoms with van der Waals surface area (Å²) in [6.45, 7) is 9.15. The van der Waals surface area contributed by atoms with Crippen LogP contribution in [0.15, 0.2) is 12.1 Å². The Balaban J connectivity index is 2.59. The zero-order valence-corrected chi connectivity index (χ0v) is 12.4. The van der Waals surface area contributed by atoms with Gasteiger partial charge in [-0.1, -0.05) is 19.1 Å². The topological polar surface area (TPSA) is 21.3 Å². The van der Waals surface area contributed by atoms with E-state index in [-0.39, 0.29) is 0 Å². The van der Waals surface area contributed by atoms with Gasteiger partial charge in [0.05, 0.1) is 6.61 Å². The van der Waals surface area contributed by atoms with E-state index in [9.17, 15) is 0 Å². The molecule has 2 aromatic rings. The third-order valence-electron chi connectivity index (χ3n) is 3.25. The van der Waals surface area contributed by atoms with Crippen molar-refractivity contribution < 1.29 is 4.74 Å². The lowest BCUT2D eigenvalue weighted by Gasteiger charge is -2.06. The van der Waals surface area contributed by atoms with Crippen molar-refractivity contribution in [3.8, 4) is 0 Å². The number of fused-ring (bicyclic) bond motifs is 1. The van der Waals surface area contributed by atoms with Crippen LogP contribution in [0.5, 0.6) is 0 Å². The fourth-order valence-electron chi connectivity index (χ4n) is 2.29. The van der Waals surface area contributed by atoms with Crippen LogP contribution in [-0.2, 0) is 17.9 Å². The Labute approximate surface area is 113 Å². The van der Waals surface area contributed by atoms with Crippen molar-refractivity contribution in [2.45, 2.75) is 33.9 Å². The number of hydrogen-bond acceptors (Lipinski definition) is 3. The molecular formula is C15H21NOS. The van der Waals surface area contributed by atoms with Gasteiger partial charge < -0.3 is 10.1 Å². The molecule has 0 atom stereocenters. The molecule has 3 heteroatoms. The number of nitrogens with one attached hydrogen (secondary N) is 1. The number of thiophene rings is 1. The first-order chi connectivity index (χ1) is 8.69. The maximum absolute atomic E-state index is 5.39. The zero-order valence-electron chi connectivity index (χ0n) is 11.6. The number of ether oxygens (including phenoxy) is 1. The van der Waals surface area contributed by atoms with Crippen molar-refractivity contribution in [3.63, 3.8) is 0 Å². The van der Waals surface area contributed by atoms with E-state index < -0.39 is 0 Å². The maximum Gasteiger partial charge on any atom is 0.0730 e. The van der Waals surface area contributed by atoms with Crippen LogP contribution in [0.1, 0.15) is 28.5 Å². The first kappa shape index (κ1) is 13.5. The molecule has 0 aliphatic carbocycles. The third-order valence-corrected chi connectivity index (χ3v) is 4.62. The summed E-state index contributed by atoms with van der Waals surface area (Å²) in [5.74, 6) is 0. The summed E-state index contributed by atoms with van der Waals surface area (Å²) >= 11 is 1.90. The minimum absolute atomic E-state index is 0.699. The largest absolute Gasteiger partial charge is 0.380 e. The molecule has 2 nitrogen and oxygen atoms in total. The number of methoxy groups -OCH3 is 1. The van der Waals surface area contributed by atoms with Gasteiger partial charge in [0.15, 0.2) is 0 Å². The van der Waals surface area contributed by atoms with E-state index in [0.29, 0.717) is 6.61 Å².